The number of hydrogen-bond donors (Lipinski definition) is 2. The first-order chi connectivity index (χ1) is 13.4. The number of hydrogen-bond acceptors (Lipinski definition) is 7. The summed E-state index contributed by atoms with van der Waals surface area (Å²) in [4.78, 5) is 16.6. The van der Waals surface area contributed by atoms with Gasteiger partial charge < -0.3 is 14.9 Å². The summed E-state index contributed by atoms with van der Waals surface area (Å²) in [6, 6.07) is 7.04. The number of nitriles is 1. The van der Waals surface area contributed by atoms with E-state index in [1.807, 2.05) is 12.3 Å². The Balaban J connectivity index is 1.99. The second kappa shape index (κ2) is 10.3. The number of ether oxygens (including phenoxy) is 2. The highest BCUT2D eigenvalue weighted by atomic mass is 32.1. The number of nitrogens with zero attached hydrogens (tertiary/aromatic N) is 2. The molecule has 28 heavy (non-hydrogen) atoms. The number of rotatable bonds is 9. The molecule has 1 heterocycles. The second-order valence-electron chi connectivity index (χ2n) is 6.46. The number of benzene rings is 1. The van der Waals surface area contributed by atoms with Crippen LogP contribution < -0.4 is 20.3 Å². The lowest BCUT2D eigenvalue weighted by molar-refractivity contribution is 0.0940. The summed E-state index contributed by atoms with van der Waals surface area (Å²) in [5, 5.41) is 11.7. The van der Waals surface area contributed by atoms with E-state index in [2.05, 4.69) is 35.8 Å². The number of carbonyl (C=O) groups is 1. The molecule has 0 atom stereocenters. The molecule has 0 aliphatic carbocycles. The molecule has 1 aromatic heterocycles. The molecule has 148 valence electrons. The Morgan fingerprint density at radius 2 is 2.18 bits per heavy atom. The highest BCUT2D eigenvalue weighted by Crippen LogP contribution is 2.28. The minimum Gasteiger partial charge on any atom is -0.493 e. The molecule has 2 aromatic rings. The average Bonchev–Trinajstić information content (AvgIpc) is 3.11. The van der Waals surface area contributed by atoms with Crippen LogP contribution in [0.2, 0.25) is 0 Å². The molecular weight excluding hydrogens is 376 g/mol. The van der Waals surface area contributed by atoms with Crippen molar-refractivity contribution < 1.29 is 14.3 Å². The fraction of sp³-hybridized carbons (Fsp3) is 0.350. The van der Waals surface area contributed by atoms with E-state index in [4.69, 9.17) is 9.47 Å². The van der Waals surface area contributed by atoms with Gasteiger partial charge >= 0.3 is 0 Å². The molecule has 1 aromatic carbocycles. The summed E-state index contributed by atoms with van der Waals surface area (Å²) < 4.78 is 11.1. The predicted molar refractivity (Wildman–Crippen MR) is 109 cm³/mol. The van der Waals surface area contributed by atoms with E-state index in [1.165, 1.54) is 24.6 Å². The zero-order valence-corrected chi connectivity index (χ0v) is 17.2. The van der Waals surface area contributed by atoms with E-state index >= 15 is 0 Å². The Bertz CT molecular complexity index is 884. The first-order valence-corrected chi connectivity index (χ1v) is 9.72. The van der Waals surface area contributed by atoms with E-state index in [1.54, 1.807) is 18.2 Å². The largest absolute Gasteiger partial charge is 0.493 e. The minimum absolute atomic E-state index is 0.338. The number of allylic oxidation sites excluding steroid dienone is 1. The fourth-order valence-corrected chi connectivity index (χ4v) is 2.96. The molecule has 2 N–H and O–H groups in total. The van der Waals surface area contributed by atoms with Crippen LogP contribution in [0.1, 0.15) is 41.3 Å². The van der Waals surface area contributed by atoms with Crippen LogP contribution in [-0.4, -0.2) is 24.6 Å². The molecule has 0 aliphatic heterocycles. The molecule has 0 unspecified atom stereocenters. The third-order valence-electron chi connectivity index (χ3n) is 3.75. The third-order valence-corrected chi connectivity index (χ3v) is 4.74. The summed E-state index contributed by atoms with van der Waals surface area (Å²) in [6.45, 7) is 6.69. The molecule has 7 nitrogen and oxygen atoms in total. The Labute approximate surface area is 169 Å². The number of aryl methyl sites for hydroxylation is 1. The van der Waals surface area contributed by atoms with Gasteiger partial charge in [-0.3, -0.25) is 10.2 Å². The normalized spacial score (nSPS) is 11.1. The van der Waals surface area contributed by atoms with Crippen LogP contribution in [0, 0.1) is 24.2 Å². The summed E-state index contributed by atoms with van der Waals surface area (Å²) in [5.74, 6) is 1.26. The lowest BCUT2D eigenvalue weighted by Crippen LogP contribution is -2.33. The van der Waals surface area contributed by atoms with Crippen molar-refractivity contribution in [2.45, 2.75) is 27.2 Å². The molecule has 0 aliphatic rings. The third kappa shape index (κ3) is 5.99. The highest BCUT2D eigenvalue weighted by molar-refractivity contribution is 7.10. The van der Waals surface area contributed by atoms with Gasteiger partial charge in [0.05, 0.1) is 13.7 Å². The average molecular weight is 401 g/mol. The molecule has 2 rings (SSSR count). The monoisotopic (exact) mass is 400 g/mol. The van der Waals surface area contributed by atoms with Crippen molar-refractivity contribution in [2.75, 3.05) is 13.7 Å². The predicted octanol–water partition coefficient (Wildman–Crippen LogP) is 3.68. The van der Waals surface area contributed by atoms with Gasteiger partial charge in [0.25, 0.3) is 5.91 Å². The standard InChI is InChI=1S/C20H24N4O3S/c1-13(2)7-8-27-17-6-5-15(9-18(17)26-4)19(25)24-22-11-16(10-21)20-23-14(3)12-28-20/h5-6,9,11-13,22H,7-8H2,1-4H3,(H,24,25)/b16-11+. The van der Waals surface area contributed by atoms with Gasteiger partial charge in [-0.15, -0.1) is 11.3 Å². The van der Waals surface area contributed by atoms with Crippen LogP contribution >= 0.6 is 11.3 Å². The van der Waals surface area contributed by atoms with E-state index in [9.17, 15) is 10.1 Å². The summed E-state index contributed by atoms with van der Waals surface area (Å²) in [6.07, 6.45) is 2.35. The molecule has 0 saturated heterocycles. The van der Waals surface area contributed by atoms with Crippen molar-refractivity contribution >= 4 is 22.8 Å². The SMILES string of the molecule is COc1cc(C(=O)NN/C=C(\C#N)c2nc(C)cs2)ccc1OCCC(C)C. The molecule has 0 radical (unpaired) electrons. The van der Waals surface area contributed by atoms with Crippen LogP contribution in [0.3, 0.4) is 0 Å². The minimum atomic E-state index is -0.365. The smallest absolute Gasteiger partial charge is 0.269 e. The van der Waals surface area contributed by atoms with Gasteiger partial charge in [-0.05, 0) is 37.5 Å². The first kappa shape index (κ1) is 21.3. The van der Waals surface area contributed by atoms with E-state index < -0.39 is 0 Å². The van der Waals surface area contributed by atoms with Crippen LogP contribution in [0.15, 0.2) is 29.8 Å². The Kier molecular flexibility index (Phi) is 7.84. The van der Waals surface area contributed by atoms with Crippen LogP contribution in [-0.2, 0) is 0 Å². The van der Waals surface area contributed by atoms with Gasteiger partial charge in [0.15, 0.2) is 11.5 Å². The Morgan fingerprint density at radius 3 is 2.79 bits per heavy atom. The summed E-state index contributed by atoms with van der Waals surface area (Å²) in [5.41, 5.74) is 6.76. The molecule has 0 fully saturated rings. The van der Waals surface area contributed by atoms with Crippen LogP contribution in [0.25, 0.3) is 5.57 Å². The topological polar surface area (TPSA) is 96.3 Å². The molecule has 1 amide bonds. The number of thiazole rings is 1. The molecule has 8 heteroatoms. The van der Waals surface area contributed by atoms with Crippen molar-refractivity contribution in [3.05, 3.63) is 46.0 Å². The Hall–Kier alpha value is -3.05. The van der Waals surface area contributed by atoms with Gasteiger partial charge in [0.2, 0.25) is 0 Å². The van der Waals surface area contributed by atoms with Crippen molar-refractivity contribution in [3.8, 4) is 17.6 Å². The van der Waals surface area contributed by atoms with Crippen molar-refractivity contribution in [3.63, 3.8) is 0 Å². The number of methoxy groups -OCH3 is 1. The van der Waals surface area contributed by atoms with Gasteiger partial charge in [0, 0.05) is 22.8 Å². The quantitative estimate of drug-likeness (QED) is 0.492. The summed E-state index contributed by atoms with van der Waals surface area (Å²) in [7, 11) is 1.53. The number of nitrogens with one attached hydrogen (secondary N) is 2. The van der Waals surface area contributed by atoms with Gasteiger partial charge in [-0.1, -0.05) is 13.8 Å². The lowest BCUT2D eigenvalue weighted by atomic mass is 10.1. The zero-order chi connectivity index (χ0) is 20.5. The van der Waals surface area contributed by atoms with Crippen molar-refractivity contribution in [2.24, 2.45) is 5.92 Å². The molecule has 0 spiro atoms. The molecule has 0 bridgehead atoms. The molecule has 0 saturated carbocycles. The van der Waals surface area contributed by atoms with E-state index in [-0.39, 0.29) is 5.91 Å². The maximum atomic E-state index is 12.3. The van der Waals surface area contributed by atoms with E-state index in [0.717, 1.165) is 12.1 Å². The maximum Gasteiger partial charge on any atom is 0.269 e. The lowest BCUT2D eigenvalue weighted by Gasteiger charge is -2.13. The maximum absolute atomic E-state index is 12.3. The Morgan fingerprint density at radius 1 is 1.39 bits per heavy atom. The van der Waals surface area contributed by atoms with Crippen LogP contribution in [0.4, 0.5) is 0 Å². The second-order valence-corrected chi connectivity index (χ2v) is 7.32. The summed E-state index contributed by atoms with van der Waals surface area (Å²) >= 11 is 1.37. The van der Waals surface area contributed by atoms with Crippen molar-refractivity contribution in [1.82, 2.24) is 15.8 Å². The highest BCUT2D eigenvalue weighted by Gasteiger charge is 2.11. The van der Waals surface area contributed by atoms with Gasteiger partial charge in [-0.2, -0.15) is 5.26 Å². The number of carbonyl (C=O) groups excluding carboxylic acids is 1. The number of amides is 1. The van der Waals surface area contributed by atoms with Gasteiger partial charge in [-0.25, -0.2) is 4.98 Å². The first-order valence-electron chi connectivity index (χ1n) is 8.84. The number of aromatic nitrogens is 1. The van der Waals surface area contributed by atoms with Crippen LogP contribution in [0.5, 0.6) is 11.5 Å². The zero-order valence-electron chi connectivity index (χ0n) is 16.4. The van der Waals surface area contributed by atoms with Gasteiger partial charge in [0.1, 0.15) is 16.6 Å². The fourth-order valence-electron chi connectivity index (χ4n) is 2.20. The molecular formula is C20H24N4O3S. The number of hydrazine groups is 1. The van der Waals surface area contributed by atoms with Crippen molar-refractivity contribution in [1.29, 1.82) is 5.26 Å². The van der Waals surface area contributed by atoms with E-state index in [0.29, 0.717) is 40.2 Å².